The lowest BCUT2D eigenvalue weighted by Gasteiger charge is -1.97. The van der Waals surface area contributed by atoms with Gasteiger partial charge in [-0.2, -0.15) is 0 Å². The molecule has 1 N–H and O–H groups in total. The molecule has 5 heteroatoms. The third kappa shape index (κ3) is 3.05. The number of nitrogens with zero attached hydrogens (tertiary/aromatic N) is 3. The van der Waals surface area contributed by atoms with Crippen molar-refractivity contribution in [3.05, 3.63) is 36.5 Å². The molecule has 0 saturated carbocycles. The highest BCUT2D eigenvalue weighted by Gasteiger charge is 2.01. The Hall–Kier alpha value is -1.39. The number of likely N-dealkylation sites (N-methyl/N-ethyl adjacent to an activating group) is 1. The standard InChI is InChI=1S/C11H14N4.ClH/c1-12-7-8-15-9-11(13-14-15)10-5-3-2-4-6-10;/h2-6,9,12H,7-8H2,1H3;1H. The van der Waals surface area contributed by atoms with Crippen LogP contribution in [0.1, 0.15) is 0 Å². The quantitative estimate of drug-likeness (QED) is 0.880. The first-order valence-electron chi connectivity index (χ1n) is 5.00. The van der Waals surface area contributed by atoms with Crippen LogP contribution in [-0.4, -0.2) is 28.6 Å². The van der Waals surface area contributed by atoms with Crippen molar-refractivity contribution in [3.63, 3.8) is 0 Å². The van der Waals surface area contributed by atoms with E-state index in [1.807, 2.05) is 48.3 Å². The van der Waals surface area contributed by atoms with Gasteiger partial charge >= 0.3 is 0 Å². The number of hydrogen-bond donors (Lipinski definition) is 1. The van der Waals surface area contributed by atoms with Crippen molar-refractivity contribution in [1.82, 2.24) is 20.3 Å². The molecule has 16 heavy (non-hydrogen) atoms. The van der Waals surface area contributed by atoms with E-state index < -0.39 is 0 Å². The van der Waals surface area contributed by atoms with E-state index in [-0.39, 0.29) is 12.4 Å². The highest BCUT2D eigenvalue weighted by Crippen LogP contribution is 2.14. The van der Waals surface area contributed by atoms with Crippen LogP contribution in [0.5, 0.6) is 0 Å². The number of nitrogens with one attached hydrogen (secondary N) is 1. The Labute approximate surface area is 101 Å². The average molecular weight is 239 g/mol. The maximum absolute atomic E-state index is 4.12. The summed E-state index contributed by atoms with van der Waals surface area (Å²) in [5.74, 6) is 0. The van der Waals surface area contributed by atoms with Crippen LogP contribution < -0.4 is 5.32 Å². The van der Waals surface area contributed by atoms with Crippen LogP contribution in [0.2, 0.25) is 0 Å². The predicted octanol–water partition coefficient (Wildman–Crippen LogP) is 1.59. The van der Waals surface area contributed by atoms with E-state index in [0.717, 1.165) is 24.3 Å². The largest absolute Gasteiger partial charge is 0.318 e. The van der Waals surface area contributed by atoms with Gasteiger partial charge in [-0.1, -0.05) is 35.5 Å². The lowest BCUT2D eigenvalue weighted by atomic mass is 10.2. The summed E-state index contributed by atoms with van der Waals surface area (Å²) >= 11 is 0. The zero-order chi connectivity index (χ0) is 10.5. The third-order valence-electron chi connectivity index (χ3n) is 2.20. The second kappa shape index (κ2) is 6.25. The molecule has 1 aromatic heterocycles. The molecule has 0 saturated heterocycles. The van der Waals surface area contributed by atoms with Crippen LogP contribution in [-0.2, 0) is 6.54 Å². The SMILES string of the molecule is CNCCn1cc(-c2ccccc2)nn1.Cl. The Kier molecular flexibility index (Phi) is 4.95. The molecule has 0 bridgehead atoms. The van der Waals surface area contributed by atoms with Crippen LogP contribution in [0.3, 0.4) is 0 Å². The normalized spacial score (nSPS) is 9.81. The van der Waals surface area contributed by atoms with Crippen molar-refractivity contribution in [1.29, 1.82) is 0 Å². The summed E-state index contributed by atoms with van der Waals surface area (Å²) in [6.45, 7) is 1.74. The van der Waals surface area contributed by atoms with Crippen LogP contribution >= 0.6 is 12.4 Å². The van der Waals surface area contributed by atoms with Crippen LogP contribution in [0.4, 0.5) is 0 Å². The molecule has 0 aliphatic carbocycles. The molecule has 0 atom stereocenters. The van der Waals surface area contributed by atoms with Gasteiger partial charge in [0.1, 0.15) is 5.69 Å². The monoisotopic (exact) mass is 238 g/mol. The van der Waals surface area contributed by atoms with Crippen molar-refractivity contribution < 1.29 is 0 Å². The Bertz CT molecular complexity index is 413. The Morgan fingerprint density at radius 1 is 1.25 bits per heavy atom. The topological polar surface area (TPSA) is 42.7 Å². The molecule has 0 spiro atoms. The van der Waals surface area contributed by atoms with Crippen molar-refractivity contribution in [2.24, 2.45) is 0 Å². The van der Waals surface area contributed by atoms with Gasteiger partial charge in [-0.15, -0.1) is 17.5 Å². The number of benzene rings is 1. The maximum Gasteiger partial charge on any atom is 0.113 e. The minimum Gasteiger partial charge on any atom is -0.318 e. The lowest BCUT2D eigenvalue weighted by Crippen LogP contribution is -2.15. The van der Waals surface area contributed by atoms with Gasteiger partial charge in [0.2, 0.25) is 0 Å². The molecule has 0 fully saturated rings. The van der Waals surface area contributed by atoms with E-state index >= 15 is 0 Å². The minimum atomic E-state index is 0. The van der Waals surface area contributed by atoms with E-state index in [1.54, 1.807) is 0 Å². The molecular weight excluding hydrogens is 224 g/mol. The molecule has 86 valence electrons. The van der Waals surface area contributed by atoms with Gasteiger partial charge in [-0.25, -0.2) is 0 Å². The van der Waals surface area contributed by atoms with Gasteiger partial charge in [0, 0.05) is 12.1 Å². The highest BCUT2D eigenvalue weighted by molar-refractivity contribution is 5.85. The number of rotatable bonds is 4. The first kappa shape index (κ1) is 12.7. The second-order valence-electron chi connectivity index (χ2n) is 3.34. The van der Waals surface area contributed by atoms with Crippen molar-refractivity contribution >= 4 is 12.4 Å². The summed E-state index contributed by atoms with van der Waals surface area (Å²) in [6, 6.07) is 10.1. The molecule has 0 radical (unpaired) electrons. The van der Waals surface area contributed by atoms with Gasteiger partial charge in [-0.3, -0.25) is 4.68 Å². The Balaban J connectivity index is 0.00000128. The first-order chi connectivity index (χ1) is 7.40. The lowest BCUT2D eigenvalue weighted by molar-refractivity contribution is 0.565. The van der Waals surface area contributed by atoms with Crippen molar-refractivity contribution in [2.45, 2.75) is 6.54 Å². The third-order valence-corrected chi connectivity index (χ3v) is 2.20. The summed E-state index contributed by atoms with van der Waals surface area (Å²) in [5, 5.41) is 11.3. The molecule has 0 unspecified atom stereocenters. The molecule has 2 rings (SSSR count). The zero-order valence-corrected chi connectivity index (χ0v) is 9.94. The molecule has 2 aromatic rings. The van der Waals surface area contributed by atoms with Gasteiger partial charge in [0.15, 0.2) is 0 Å². The molecule has 1 heterocycles. The van der Waals surface area contributed by atoms with E-state index in [4.69, 9.17) is 0 Å². The van der Waals surface area contributed by atoms with Gasteiger partial charge in [0.05, 0.1) is 12.7 Å². The number of hydrogen-bond acceptors (Lipinski definition) is 3. The van der Waals surface area contributed by atoms with Crippen molar-refractivity contribution in [2.75, 3.05) is 13.6 Å². The van der Waals surface area contributed by atoms with Crippen molar-refractivity contribution in [3.8, 4) is 11.3 Å². The fraction of sp³-hybridized carbons (Fsp3) is 0.273. The summed E-state index contributed by atoms with van der Waals surface area (Å²) < 4.78 is 1.85. The Morgan fingerprint density at radius 3 is 2.69 bits per heavy atom. The predicted molar refractivity (Wildman–Crippen MR) is 66.6 cm³/mol. The molecule has 0 aliphatic heterocycles. The van der Waals surface area contributed by atoms with E-state index in [1.165, 1.54) is 0 Å². The van der Waals surface area contributed by atoms with Crippen LogP contribution in [0.15, 0.2) is 36.5 Å². The number of halogens is 1. The highest BCUT2D eigenvalue weighted by atomic mass is 35.5. The fourth-order valence-electron chi connectivity index (χ4n) is 1.38. The molecule has 0 amide bonds. The minimum absolute atomic E-state index is 0. The first-order valence-corrected chi connectivity index (χ1v) is 5.00. The smallest absolute Gasteiger partial charge is 0.113 e. The second-order valence-corrected chi connectivity index (χ2v) is 3.34. The average Bonchev–Trinajstić information content (AvgIpc) is 2.76. The summed E-state index contributed by atoms with van der Waals surface area (Å²) in [5.41, 5.74) is 2.03. The van der Waals surface area contributed by atoms with Crippen LogP contribution in [0, 0.1) is 0 Å². The number of aromatic nitrogens is 3. The van der Waals surface area contributed by atoms with E-state index in [9.17, 15) is 0 Å². The van der Waals surface area contributed by atoms with E-state index in [2.05, 4.69) is 15.6 Å². The zero-order valence-electron chi connectivity index (χ0n) is 9.13. The van der Waals surface area contributed by atoms with Gasteiger partial charge in [-0.05, 0) is 7.05 Å². The summed E-state index contributed by atoms with van der Waals surface area (Å²) in [6.07, 6.45) is 1.96. The molecule has 0 aliphatic rings. The molecular formula is C11H15ClN4. The molecule has 4 nitrogen and oxygen atoms in total. The maximum atomic E-state index is 4.12. The Morgan fingerprint density at radius 2 is 2.00 bits per heavy atom. The van der Waals surface area contributed by atoms with Gasteiger partial charge < -0.3 is 5.32 Å². The van der Waals surface area contributed by atoms with Gasteiger partial charge in [0.25, 0.3) is 0 Å². The summed E-state index contributed by atoms with van der Waals surface area (Å²) in [7, 11) is 1.93. The van der Waals surface area contributed by atoms with Crippen LogP contribution in [0.25, 0.3) is 11.3 Å². The van der Waals surface area contributed by atoms with E-state index in [0.29, 0.717) is 0 Å². The summed E-state index contributed by atoms with van der Waals surface area (Å²) in [4.78, 5) is 0. The molecule has 1 aromatic carbocycles. The fourth-order valence-corrected chi connectivity index (χ4v) is 1.38.